The zero-order valence-electron chi connectivity index (χ0n) is 14.4. The smallest absolute Gasteiger partial charge is 0.411 e. The van der Waals surface area contributed by atoms with Crippen molar-refractivity contribution in [1.82, 2.24) is 4.90 Å². The summed E-state index contributed by atoms with van der Waals surface area (Å²) in [6, 6.07) is -1.05. The molecule has 1 amide bonds. The molecule has 0 bridgehead atoms. The summed E-state index contributed by atoms with van der Waals surface area (Å²) in [6.45, 7) is 11.8. The van der Waals surface area contributed by atoms with Crippen LogP contribution in [0.25, 0.3) is 0 Å². The highest BCUT2D eigenvalue weighted by Crippen LogP contribution is 2.26. The normalized spacial score (nSPS) is 21.2. The molecule has 22 heavy (non-hydrogen) atoms. The largest absolute Gasteiger partial charge is 0.458 e. The van der Waals surface area contributed by atoms with E-state index >= 15 is 0 Å². The lowest BCUT2D eigenvalue weighted by atomic mass is 10.1. The van der Waals surface area contributed by atoms with Crippen LogP contribution in [0, 0.1) is 0 Å². The fraction of sp³-hybridized carbons (Fsp3) is 0.688. The zero-order chi connectivity index (χ0) is 17.3. The molecule has 1 saturated heterocycles. The maximum Gasteiger partial charge on any atom is 0.411 e. The van der Waals surface area contributed by atoms with Crippen molar-refractivity contribution in [3.05, 3.63) is 11.6 Å². The van der Waals surface area contributed by atoms with E-state index in [1.165, 1.54) is 0 Å². The summed E-state index contributed by atoms with van der Waals surface area (Å²) in [5, 5.41) is 0. The third kappa shape index (κ3) is 4.58. The van der Waals surface area contributed by atoms with Gasteiger partial charge in [-0.25, -0.2) is 9.59 Å². The van der Waals surface area contributed by atoms with E-state index in [0.717, 1.165) is 4.90 Å². The Hall–Kier alpha value is -1.85. The van der Waals surface area contributed by atoms with Gasteiger partial charge >= 0.3 is 12.1 Å². The van der Waals surface area contributed by atoms with Crippen molar-refractivity contribution in [1.29, 1.82) is 0 Å². The number of hydrogen-bond donors (Lipinski definition) is 0. The highest BCUT2D eigenvalue weighted by molar-refractivity contribution is 6.09. The first-order valence-corrected chi connectivity index (χ1v) is 7.27. The maximum absolute atomic E-state index is 12.4. The highest BCUT2D eigenvalue weighted by atomic mass is 16.6. The molecule has 1 rings (SSSR count). The highest BCUT2D eigenvalue weighted by Gasteiger charge is 2.46. The molecule has 0 aromatic carbocycles. The Kier molecular flexibility index (Phi) is 5.05. The van der Waals surface area contributed by atoms with E-state index in [9.17, 15) is 14.4 Å². The average molecular weight is 311 g/mol. The number of ketones is 1. The van der Waals surface area contributed by atoms with E-state index < -0.39 is 29.3 Å². The lowest BCUT2D eigenvalue weighted by molar-refractivity contribution is -0.158. The summed E-state index contributed by atoms with van der Waals surface area (Å²) >= 11 is 0. The van der Waals surface area contributed by atoms with Crippen LogP contribution in [0.1, 0.15) is 48.5 Å². The first-order valence-electron chi connectivity index (χ1n) is 7.27. The predicted molar refractivity (Wildman–Crippen MR) is 81.3 cm³/mol. The molecule has 1 heterocycles. The lowest BCUT2D eigenvalue weighted by Crippen LogP contribution is -2.46. The van der Waals surface area contributed by atoms with Gasteiger partial charge in [-0.3, -0.25) is 9.69 Å². The Balaban J connectivity index is 3.07. The van der Waals surface area contributed by atoms with Crippen LogP contribution < -0.4 is 0 Å². The molecule has 124 valence electrons. The molecule has 0 saturated carbocycles. The van der Waals surface area contributed by atoms with Gasteiger partial charge < -0.3 is 9.47 Å². The number of esters is 1. The Bertz CT molecular complexity index is 508. The molecule has 0 aromatic heterocycles. The second-order valence-electron chi connectivity index (χ2n) is 7.21. The van der Waals surface area contributed by atoms with Gasteiger partial charge in [-0.15, -0.1) is 0 Å². The molecule has 1 aliphatic rings. The van der Waals surface area contributed by atoms with Crippen LogP contribution in [0.3, 0.4) is 0 Å². The molecule has 0 N–H and O–H groups in total. The van der Waals surface area contributed by atoms with Gasteiger partial charge in [0.15, 0.2) is 11.8 Å². The van der Waals surface area contributed by atoms with Crippen LogP contribution in [0.5, 0.6) is 0 Å². The fourth-order valence-corrected chi connectivity index (χ4v) is 2.08. The van der Waals surface area contributed by atoms with E-state index in [1.807, 2.05) is 0 Å². The van der Waals surface area contributed by atoms with E-state index in [1.54, 1.807) is 54.5 Å². The van der Waals surface area contributed by atoms with Crippen molar-refractivity contribution < 1.29 is 23.9 Å². The fourth-order valence-electron chi connectivity index (χ4n) is 2.08. The van der Waals surface area contributed by atoms with Crippen LogP contribution in [0.2, 0.25) is 0 Å². The Morgan fingerprint density at radius 2 is 1.59 bits per heavy atom. The van der Waals surface area contributed by atoms with E-state index in [2.05, 4.69) is 0 Å². The van der Waals surface area contributed by atoms with Gasteiger partial charge in [-0.1, -0.05) is 6.08 Å². The molecule has 1 aliphatic heterocycles. The van der Waals surface area contributed by atoms with Crippen molar-refractivity contribution >= 4 is 17.8 Å². The quantitative estimate of drug-likeness (QED) is 0.549. The number of Topliss-reactive ketones (excluding diaryl/α,β-unsaturated/α-hetero) is 1. The van der Waals surface area contributed by atoms with E-state index in [0.29, 0.717) is 0 Å². The zero-order valence-corrected chi connectivity index (χ0v) is 14.4. The van der Waals surface area contributed by atoms with E-state index in [4.69, 9.17) is 9.47 Å². The number of nitrogens with zero attached hydrogens (tertiary/aromatic N) is 1. The number of allylic oxidation sites excluding steroid dienone is 1. The first-order chi connectivity index (χ1) is 9.85. The van der Waals surface area contributed by atoms with Crippen LogP contribution in [0.15, 0.2) is 11.6 Å². The number of rotatable bonds is 1. The van der Waals surface area contributed by atoms with Crippen LogP contribution in [-0.4, -0.2) is 46.5 Å². The second kappa shape index (κ2) is 6.10. The molecule has 0 aromatic rings. The van der Waals surface area contributed by atoms with Crippen molar-refractivity contribution in [2.75, 3.05) is 6.54 Å². The molecule has 0 aliphatic carbocycles. The number of ether oxygens (including phenoxy) is 2. The van der Waals surface area contributed by atoms with Gasteiger partial charge in [0.2, 0.25) is 0 Å². The number of hydrogen-bond acceptors (Lipinski definition) is 5. The van der Waals surface area contributed by atoms with Crippen molar-refractivity contribution in [2.45, 2.75) is 65.7 Å². The second-order valence-corrected chi connectivity index (χ2v) is 7.21. The van der Waals surface area contributed by atoms with Crippen LogP contribution in [0.4, 0.5) is 4.79 Å². The predicted octanol–water partition coefficient (Wildman–Crippen LogP) is 2.46. The lowest BCUT2D eigenvalue weighted by Gasteiger charge is -2.29. The topological polar surface area (TPSA) is 72.9 Å². The van der Waals surface area contributed by atoms with Gasteiger partial charge in [0, 0.05) is 5.57 Å². The van der Waals surface area contributed by atoms with Gasteiger partial charge in [0.25, 0.3) is 0 Å². The van der Waals surface area contributed by atoms with E-state index in [-0.39, 0.29) is 17.9 Å². The molecule has 6 nitrogen and oxygen atoms in total. The van der Waals surface area contributed by atoms with Crippen molar-refractivity contribution in [3.8, 4) is 0 Å². The van der Waals surface area contributed by atoms with Gasteiger partial charge in [0.1, 0.15) is 11.2 Å². The number of carbonyl (C=O) groups excluding carboxylic acids is 3. The number of likely N-dealkylation sites (tertiary alicyclic amines) is 1. The molecule has 0 radical (unpaired) electrons. The Morgan fingerprint density at radius 1 is 1.09 bits per heavy atom. The molecule has 0 unspecified atom stereocenters. The minimum absolute atomic E-state index is 0.182. The summed E-state index contributed by atoms with van der Waals surface area (Å²) in [5.74, 6) is -0.901. The summed E-state index contributed by atoms with van der Waals surface area (Å²) < 4.78 is 10.6. The van der Waals surface area contributed by atoms with Crippen molar-refractivity contribution in [2.24, 2.45) is 0 Å². The molecular formula is C16H25NO5. The molecule has 0 spiro atoms. The minimum atomic E-state index is -1.05. The molecule has 6 heteroatoms. The monoisotopic (exact) mass is 311 g/mol. The standard InChI is InChI=1S/C16H25NO5/c1-8-10-11(18)9-17(14(20)22-16(5,6)7)12(10)13(19)21-15(2,3)4/h8,12H,9H2,1-7H3/b10-8+/t12-/m0/s1. The summed E-state index contributed by atoms with van der Waals surface area (Å²) in [7, 11) is 0. The first kappa shape index (κ1) is 18.2. The molecular weight excluding hydrogens is 286 g/mol. The maximum atomic E-state index is 12.4. The van der Waals surface area contributed by atoms with Crippen LogP contribution >= 0.6 is 0 Å². The van der Waals surface area contributed by atoms with Crippen molar-refractivity contribution in [3.63, 3.8) is 0 Å². The Morgan fingerprint density at radius 3 is 2.00 bits per heavy atom. The minimum Gasteiger partial charge on any atom is -0.458 e. The number of carbonyl (C=O) groups is 3. The summed E-state index contributed by atoms with van der Waals surface area (Å²) in [5.41, 5.74) is -1.15. The average Bonchev–Trinajstić information content (AvgIpc) is 2.61. The van der Waals surface area contributed by atoms with Gasteiger partial charge in [0.05, 0.1) is 6.54 Å². The SMILES string of the molecule is C/C=C1\C(=O)CN(C(=O)OC(C)(C)C)[C@@H]1C(=O)OC(C)(C)C. The van der Waals surface area contributed by atoms with Gasteiger partial charge in [-0.2, -0.15) is 0 Å². The Labute approximate surface area is 131 Å². The summed E-state index contributed by atoms with van der Waals surface area (Å²) in [6.07, 6.45) is 0.843. The summed E-state index contributed by atoms with van der Waals surface area (Å²) in [4.78, 5) is 37.8. The van der Waals surface area contributed by atoms with Gasteiger partial charge in [-0.05, 0) is 48.5 Å². The van der Waals surface area contributed by atoms with Crippen LogP contribution in [-0.2, 0) is 19.1 Å². The number of amides is 1. The third-order valence-corrected chi connectivity index (χ3v) is 2.81. The molecule has 1 atom stereocenters. The molecule has 1 fully saturated rings. The third-order valence-electron chi connectivity index (χ3n) is 2.81.